The molecule has 0 aliphatic rings. The van der Waals surface area contributed by atoms with Crippen molar-refractivity contribution in [3.05, 3.63) is 194 Å². The van der Waals surface area contributed by atoms with Gasteiger partial charge in [-0.15, -0.1) is 0 Å². The Balaban J connectivity index is 0.996. The van der Waals surface area contributed by atoms with Crippen molar-refractivity contribution in [1.82, 2.24) is 4.98 Å². The van der Waals surface area contributed by atoms with Crippen LogP contribution >= 0.6 is 0 Å². The lowest BCUT2D eigenvalue weighted by molar-refractivity contribution is 0.621. The van der Waals surface area contributed by atoms with Gasteiger partial charge in [0.25, 0.3) is 0 Å². The molecule has 0 spiro atoms. The maximum absolute atomic E-state index is 6.57. The first-order valence-electron chi connectivity index (χ1n) is 18.5. The van der Waals surface area contributed by atoms with Crippen molar-refractivity contribution >= 4 is 71.6 Å². The zero-order valence-corrected chi connectivity index (χ0v) is 29.7. The van der Waals surface area contributed by atoms with Crippen LogP contribution in [0, 0.1) is 0 Å². The van der Waals surface area contributed by atoms with Crippen LogP contribution in [0.3, 0.4) is 0 Å². The highest BCUT2D eigenvalue weighted by molar-refractivity contribution is 6.06. The minimum atomic E-state index is 0.621. The molecule has 0 radical (unpaired) electrons. The molecule has 0 bridgehead atoms. The Hall–Kier alpha value is -7.43. The predicted molar refractivity (Wildman–Crippen MR) is 227 cm³/mol. The van der Waals surface area contributed by atoms with Crippen LogP contribution in [0.2, 0.25) is 0 Å². The molecule has 0 amide bonds. The Morgan fingerprint density at radius 2 is 0.982 bits per heavy atom. The molecule has 2 heterocycles. The molecule has 0 saturated heterocycles. The first kappa shape index (κ1) is 31.1. The number of rotatable bonds is 6. The van der Waals surface area contributed by atoms with Gasteiger partial charge in [0.2, 0.25) is 5.89 Å². The number of hydrogen-bond donors (Lipinski definition) is 0. The SMILES string of the molecule is c1ccc2cc(-c3ccc(N(c4ccc(-c5cccc6nc(-c7cccc8ccccc78)oc56)cc4)c4ccc5c(c4)oc4ccccc45)cc3)ccc2c1. The molecule has 0 aliphatic heterocycles. The van der Waals surface area contributed by atoms with Gasteiger partial charge in [0.05, 0.1) is 0 Å². The number of furan rings is 1. The summed E-state index contributed by atoms with van der Waals surface area (Å²) in [6, 6.07) is 68.1. The zero-order valence-electron chi connectivity index (χ0n) is 29.7. The van der Waals surface area contributed by atoms with Gasteiger partial charge in [0.15, 0.2) is 5.58 Å². The van der Waals surface area contributed by atoms with Crippen LogP contribution < -0.4 is 4.90 Å². The van der Waals surface area contributed by atoms with E-state index in [4.69, 9.17) is 13.8 Å². The minimum absolute atomic E-state index is 0.621. The van der Waals surface area contributed by atoms with E-state index >= 15 is 0 Å². The van der Waals surface area contributed by atoms with Crippen molar-refractivity contribution in [2.75, 3.05) is 4.90 Å². The summed E-state index contributed by atoms with van der Waals surface area (Å²) in [4.78, 5) is 7.23. The molecule has 11 aromatic rings. The van der Waals surface area contributed by atoms with Crippen molar-refractivity contribution in [2.45, 2.75) is 0 Å². The topological polar surface area (TPSA) is 42.4 Å². The van der Waals surface area contributed by atoms with E-state index in [0.717, 1.165) is 77.6 Å². The smallest absolute Gasteiger partial charge is 0.227 e. The summed E-state index contributed by atoms with van der Waals surface area (Å²) < 4.78 is 12.9. The summed E-state index contributed by atoms with van der Waals surface area (Å²) in [6.07, 6.45) is 0. The van der Waals surface area contributed by atoms with Gasteiger partial charge in [-0.3, -0.25) is 0 Å². The maximum atomic E-state index is 6.57. The van der Waals surface area contributed by atoms with Gasteiger partial charge in [0.1, 0.15) is 16.7 Å². The fourth-order valence-electron chi connectivity index (χ4n) is 7.97. The molecule has 0 aliphatic carbocycles. The van der Waals surface area contributed by atoms with Crippen molar-refractivity contribution in [1.29, 1.82) is 0 Å². The normalized spacial score (nSPS) is 11.6. The van der Waals surface area contributed by atoms with Crippen molar-refractivity contribution in [2.24, 2.45) is 0 Å². The van der Waals surface area contributed by atoms with E-state index in [1.807, 2.05) is 24.3 Å². The molecule has 258 valence electrons. The molecule has 0 atom stereocenters. The van der Waals surface area contributed by atoms with Crippen LogP contribution in [0.5, 0.6) is 0 Å². The number of nitrogens with zero attached hydrogens (tertiary/aromatic N) is 2. The van der Waals surface area contributed by atoms with Crippen LogP contribution in [0.15, 0.2) is 203 Å². The highest BCUT2D eigenvalue weighted by atomic mass is 16.3. The minimum Gasteiger partial charge on any atom is -0.456 e. The first-order valence-corrected chi connectivity index (χ1v) is 18.5. The fourth-order valence-corrected chi connectivity index (χ4v) is 7.97. The van der Waals surface area contributed by atoms with Gasteiger partial charge in [-0.2, -0.15) is 0 Å². The Morgan fingerprint density at radius 3 is 1.82 bits per heavy atom. The molecule has 0 saturated carbocycles. The number of para-hydroxylation sites is 2. The molecule has 4 heteroatoms. The van der Waals surface area contributed by atoms with Crippen LogP contribution in [0.4, 0.5) is 17.1 Å². The Kier molecular flexibility index (Phi) is 7.14. The number of anilines is 3. The molecule has 0 N–H and O–H groups in total. The summed E-state index contributed by atoms with van der Waals surface area (Å²) in [6.45, 7) is 0. The monoisotopic (exact) mass is 704 g/mol. The lowest BCUT2D eigenvalue weighted by Crippen LogP contribution is -2.09. The third-order valence-corrected chi connectivity index (χ3v) is 10.7. The highest BCUT2D eigenvalue weighted by Crippen LogP contribution is 2.41. The number of benzene rings is 9. The van der Waals surface area contributed by atoms with E-state index in [9.17, 15) is 0 Å². The second-order valence-electron chi connectivity index (χ2n) is 14.0. The third-order valence-electron chi connectivity index (χ3n) is 10.7. The van der Waals surface area contributed by atoms with Crippen LogP contribution in [-0.2, 0) is 0 Å². The van der Waals surface area contributed by atoms with Crippen LogP contribution in [0.1, 0.15) is 0 Å². The summed E-state index contributed by atoms with van der Waals surface area (Å²) in [5.74, 6) is 0.621. The molecule has 2 aromatic heterocycles. The molecule has 55 heavy (non-hydrogen) atoms. The van der Waals surface area contributed by atoms with E-state index in [2.05, 4.69) is 175 Å². The molecular weight excluding hydrogens is 673 g/mol. The molecule has 11 rings (SSSR count). The summed E-state index contributed by atoms with van der Waals surface area (Å²) in [5, 5.41) is 6.97. The molecule has 9 aromatic carbocycles. The van der Waals surface area contributed by atoms with Gasteiger partial charge in [0, 0.05) is 45.0 Å². The maximum Gasteiger partial charge on any atom is 0.227 e. The van der Waals surface area contributed by atoms with E-state index in [1.54, 1.807) is 0 Å². The van der Waals surface area contributed by atoms with Crippen LogP contribution in [-0.4, -0.2) is 4.98 Å². The summed E-state index contributed by atoms with van der Waals surface area (Å²) in [7, 11) is 0. The van der Waals surface area contributed by atoms with Gasteiger partial charge in [-0.1, -0.05) is 127 Å². The van der Waals surface area contributed by atoms with E-state index in [0.29, 0.717) is 5.89 Å². The number of fused-ring (bicyclic) bond motifs is 6. The predicted octanol–water partition coefficient (Wildman–Crippen LogP) is 14.5. The van der Waals surface area contributed by atoms with Crippen molar-refractivity contribution < 1.29 is 8.83 Å². The largest absolute Gasteiger partial charge is 0.456 e. The highest BCUT2D eigenvalue weighted by Gasteiger charge is 2.18. The van der Waals surface area contributed by atoms with Gasteiger partial charge < -0.3 is 13.7 Å². The van der Waals surface area contributed by atoms with Crippen molar-refractivity contribution in [3.63, 3.8) is 0 Å². The first-order chi connectivity index (χ1) is 27.2. The second kappa shape index (κ2) is 12.6. The Labute approximate surface area is 317 Å². The van der Waals surface area contributed by atoms with Crippen molar-refractivity contribution in [3.8, 4) is 33.7 Å². The molecule has 0 fully saturated rings. The van der Waals surface area contributed by atoms with Gasteiger partial charge in [-0.05, 0) is 98.9 Å². The summed E-state index contributed by atoms with van der Waals surface area (Å²) >= 11 is 0. The van der Waals surface area contributed by atoms with Gasteiger partial charge in [-0.25, -0.2) is 4.98 Å². The molecule has 4 nitrogen and oxygen atoms in total. The number of aromatic nitrogens is 1. The Morgan fingerprint density at radius 1 is 0.364 bits per heavy atom. The Bertz CT molecular complexity index is 3200. The lowest BCUT2D eigenvalue weighted by Gasteiger charge is -2.26. The van der Waals surface area contributed by atoms with E-state index in [-0.39, 0.29) is 0 Å². The second-order valence-corrected chi connectivity index (χ2v) is 14.0. The molecular formula is C51H32N2O2. The number of hydrogen-bond acceptors (Lipinski definition) is 4. The lowest BCUT2D eigenvalue weighted by atomic mass is 10.0. The van der Waals surface area contributed by atoms with Crippen LogP contribution in [0.25, 0.3) is 88.3 Å². The summed E-state index contributed by atoms with van der Waals surface area (Å²) in [5.41, 5.74) is 11.8. The quantitative estimate of drug-likeness (QED) is 0.173. The van der Waals surface area contributed by atoms with Gasteiger partial charge >= 0.3 is 0 Å². The van der Waals surface area contributed by atoms with E-state index in [1.165, 1.54) is 21.9 Å². The third kappa shape index (κ3) is 5.34. The average Bonchev–Trinajstić information content (AvgIpc) is 3.86. The average molecular weight is 705 g/mol. The zero-order chi connectivity index (χ0) is 36.3. The molecule has 0 unspecified atom stereocenters. The standard InChI is InChI=1S/C51H32N2O2/c1-2-11-37-31-38(20-19-33(37)9-1)34-21-25-39(26-22-34)53(41-29-30-45-44-14-5-6-18-48(44)54-49(45)32-41)40-27-23-36(24-28-40)43-15-8-17-47-50(43)55-51(52-47)46-16-7-12-35-10-3-4-13-42(35)46/h1-32H. The number of oxazole rings is 1. The van der Waals surface area contributed by atoms with E-state index < -0.39 is 0 Å². The fraction of sp³-hybridized carbons (Fsp3) is 0.